The van der Waals surface area contributed by atoms with E-state index in [2.05, 4.69) is 20.4 Å². The topological polar surface area (TPSA) is 110 Å². The van der Waals surface area contributed by atoms with Gasteiger partial charge in [-0.2, -0.15) is 4.98 Å². The highest BCUT2D eigenvalue weighted by Crippen LogP contribution is 2.17. The quantitative estimate of drug-likeness (QED) is 0.759. The largest absolute Gasteiger partial charge is 0.375 e. The lowest BCUT2D eigenvalue weighted by molar-refractivity contribution is -0.138. The van der Waals surface area contributed by atoms with E-state index in [4.69, 9.17) is 9.26 Å². The standard InChI is InChI=1S/C18H23N5O4/c1-26-12-16(24)23-10-4-5-13(11-23)18(25)20-9-7-15-21-17(22-27-15)14-6-2-3-8-19-14/h2-3,6,8,13H,4-5,7,9-12H2,1H3,(H,20,25). The number of methoxy groups -OCH3 is 1. The van der Waals surface area contributed by atoms with Crippen molar-refractivity contribution in [3.05, 3.63) is 30.3 Å². The number of carbonyl (C=O) groups is 2. The maximum absolute atomic E-state index is 12.4. The summed E-state index contributed by atoms with van der Waals surface area (Å²) in [5.41, 5.74) is 0.638. The van der Waals surface area contributed by atoms with Gasteiger partial charge in [-0.1, -0.05) is 11.2 Å². The zero-order valence-electron chi connectivity index (χ0n) is 15.3. The van der Waals surface area contributed by atoms with Gasteiger partial charge in [0.25, 0.3) is 0 Å². The molecule has 1 saturated heterocycles. The summed E-state index contributed by atoms with van der Waals surface area (Å²) in [5, 5.41) is 6.79. The first-order valence-corrected chi connectivity index (χ1v) is 8.96. The smallest absolute Gasteiger partial charge is 0.248 e. The van der Waals surface area contributed by atoms with Gasteiger partial charge in [0.05, 0.1) is 5.92 Å². The van der Waals surface area contributed by atoms with Crippen LogP contribution in [0.25, 0.3) is 11.5 Å². The van der Waals surface area contributed by atoms with E-state index >= 15 is 0 Å². The van der Waals surface area contributed by atoms with Gasteiger partial charge >= 0.3 is 0 Å². The molecule has 0 aliphatic carbocycles. The molecule has 0 saturated carbocycles. The zero-order chi connectivity index (χ0) is 19.1. The van der Waals surface area contributed by atoms with Gasteiger partial charge in [-0.25, -0.2) is 0 Å². The number of aromatic nitrogens is 3. The minimum atomic E-state index is -0.202. The Morgan fingerprint density at radius 1 is 1.41 bits per heavy atom. The van der Waals surface area contributed by atoms with Crippen LogP contribution in [0.1, 0.15) is 18.7 Å². The second kappa shape index (κ2) is 9.22. The fourth-order valence-corrected chi connectivity index (χ4v) is 3.02. The van der Waals surface area contributed by atoms with Crippen molar-refractivity contribution in [2.24, 2.45) is 5.92 Å². The minimum absolute atomic E-state index is 0.0457. The summed E-state index contributed by atoms with van der Waals surface area (Å²) in [6.45, 7) is 1.54. The number of piperidine rings is 1. The van der Waals surface area contributed by atoms with Gasteiger partial charge < -0.3 is 19.5 Å². The fraction of sp³-hybridized carbons (Fsp3) is 0.500. The van der Waals surface area contributed by atoms with Crippen LogP contribution in [-0.2, 0) is 20.7 Å². The monoisotopic (exact) mass is 373 g/mol. The van der Waals surface area contributed by atoms with Gasteiger partial charge in [-0.05, 0) is 25.0 Å². The molecular weight excluding hydrogens is 350 g/mol. The first kappa shape index (κ1) is 19.0. The third-order valence-corrected chi connectivity index (χ3v) is 4.41. The average molecular weight is 373 g/mol. The third kappa shape index (κ3) is 5.10. The molecule has 2 aromatic heterocycles. The van der Waals surface area contributed by atoms with Crippen LogP contribution in [0.2, 0.25) is 0 Å². The molecule has 0 bridgehead atoms. The maximum atomic E-state index is 12.4. The van der Waals surface area contributed by atoms with Gasteiger partial charge in [-0.15, -0.1) is 0 Å². The van der Waals surface area contributed by atoms with Crippen molar-refractivity contribution in [3.8, 4) is 11.5 Å². The van der Waals surface area contributed by atoms with Gasteiger partial charge in [0, 0.05) is 39.4 Å². The summed E-state index contributed by atoms with van der Waals surface area (Å²) < 4.78 is 10.1. The molecule has 2 aromatic rings. The summed E-state index contributed by atoms with van der Waals surface area (Å²) >= 11 is 0. The molecule has 1 aliphatic heterocycles. The first-order chi connectivity index (χ1) is 13.2. The number of likely N-dealkylation sites (tertiary alicyclic amines) is 1. The number of ether oxygens (including phenoxy) is 1. The molecule has 0 spiro atoms. The number of nitrogens with zero attached hydrogens (tertiary/aromatic N) is 4. The second-order valence-electron chi connectivity index (χ2n) is 6.38. The van der Waals surface area contributed by atoms with Crippen LogP contribution in [-0.4, -0.2) is 65.2 Å². The van der Waals surface area contributed by atoms with Crippen LogP contribution in [0.4, 0.5) is 0 Å². The van der Waals surface area contributed by atoms with Crippen molar-refractivity contribution >= 4 is 11.8 Å². The summed E-state index contributed by atoms with van der Waals surface area (Å²) in [6.07, 6.45) is 3.68. The van der Waals surface area contributed by atoms with Crippen molar-refractivity contribution in [1.82, 2.24) is 25.3 Å². The van der Waals surface area contributed by atoms with Gasteiger partial charge in [0.2, 0.25) is 23.5 Å². The molecule has 144 valence electrons. The van der Waals surface area contributed by atoms with Gasteiger partial charge in [0.1, 0.15) is 12.3 Å². The Kier molecular flexibility index (Phi) is 6.48. The molecule has 3 rings (SSSR count). The van der Waals surface area contributed by atoms with E-state index < -0.39 is 0 Å². The molecule has 9 heteroatoms. The highest BCUT2D eigenvalue weighted by molar-refractivity contribution is 5.81. The normalized spacial score (nSPS) is 16.9. The SMILES string of the molecule is COCC(=O)N1CCCC(C(=O)NCCc2nc(-c3ccccn3)no2)C1. The van der Waals surface area contributed by atoms with Crippen LogP contribution in [0.3, 0.4) is 0 Å². The van der Waals surface area contributed by atoms with Crippen LogP contribution in [0.5, 0.6) is 0 Å². The lowest BCUT2D eigenvalue weighted by Crippen LogP contribution is -2.46. The van der Waals surface area contributed by atoms with Crippen LogP contribution < -0.4 is 5.32 Å². The van der Waals surface area contributed by atoms with Crippen LogP contribution >= 0.6 is 0 Å². The number of pyridine rings is 1. The highest BCUT2D eigenvalue weighted by Gasteiger charge is 2.28. The predicted molar refractivity (Wildman–Crippen MR) is 95.4 cm³/mol. The molecule has 27 heavy (non-hydrogen) atoms. The molecular formula is C18H23N5O4. The molecule has 1 atom stereocenters. The Labute approximate surface area is 157 Å². The molecule has 1 unspecified atom stereocenters. The number of amides is 2. The first-order valence-electron chi connectivity index (χ1n) is 8.96. The number of rotatable bonds is 7. The number of hydrogen-bond acceptors (Lipinski definition) is 7. The van der Waals surface area contributed by atoms with Crippen LogP contribution in [0.15, 0.2) is 28.9 Å². The summed E-state index contributed by atoms with van der Waals surface area (Å²) in [4.78, 5) is 34.5. The molecule has 1 fully saturated rings. The third-order valence-electron chi connectivity index (χ3n) is 4.41. The molecule has 2 amide bonds. The van der Waals surface area contributed by atoms with Crippen molar-refractivity contribution in [2.45, 2.75) is 19.3 Å². The van der Waals surface area contributed by atoms with Gasteiger partial charge in [0.15, 0.2) is 0 Å². The van der Waals surface area contributed by atoms with Gasteiger partial charge in [-0.3, -0.25) is 14.6 Å². The van der Waals surface area contributed by atoms with Crippen molar-refractivity contribution in [2.75, 3.05) is 33.4 Å². The van der Waals surface area contributed by atoms with E-state index in [0.29, 0.717) is 43.5 Å². The van der Waals surface area contributed by atoms with Crippen molar-refractivity contribution in [1.29, 1.82) is 0 Å². The fourth-order valence-electron chi connectivity index (χ4n) is 3.02. The van der Waals surface area contributed by atoms with E-state index in [1.165, 1.54) is 7.11 Å². The van der Waals surface area contributed by atoms with Crippen molar-refractivity contribution in [3.63, 3.8) is 0 Å². The Balaban J connectivity index is 1.45. The Bertz CT molecular complexity index is 764. The predicted octanol–water partition coefficient (Wildman–Crippen LogP) is 0.675. The van der Waals surface area contributed by atoms with E-state index in [0.717, 1.165) is 12.8 Å². The molecule has 0 radical (unpaired) electrons. The summed E-state index contributed by atoms with van der Waals surface area (Å²) in [6, 6.07) is 5.47. The molecule has 1 N–H and O–H groups in total. The molecule has 3 heterocycles. The lowest BCUT2D eigenvalue weighted by atomic mass is 9.97. The maximum Gasteiger partial charge on any atom is 0.248 e. The van der Waals surface area contributed by atoms with E-state index in [9.17, 15) is 9.59 Å². The molecule has 1 aliphatic rings. The number of nitrogens with one attached hydrogen (secondary N) is 1. The number of hydrogen-bond donors (Lipinski definition) is 1. The molecule has 9 nitrogen and oxygen atoms in total. The van der Waals surface area contributed by atoms with Crippen LogP contribution in [0, 0.1) is 5.92 Å². The van der Waals surface area contributed by atoms with E-state index in [1.807, 2.05) is 12.1 Å². The molecule has 0 aromatic carbocycles. The highest BCUT2D eigenvalue weighted by atomic mass is 16.5. The summed E-state index contributed by atoms with van der Waals surface area (Å²) in [5.74, 6) is 0.525. The van der Waals surface area contributed by atoms with E-state index in [1.54, 1.807) is 17.2 Å². The Morgan fingerprint density at radius 2 is 2.30 bits per heavy atom. The summed E-state index contributed by atoms with van der Waals surface area (Å²) in [7, 11) is 1.49. The Hall–Kier alpha value is -2.81. The minimum Gasteiger partial charge on any atom is -0.375 e. The Morgan fingerprint density at radius 3 is 3.07 bits per heavy atom. The zero-order valence-corrected chi connectivity index (χ0v) is 15.3. The number of carbonyl (C=O) groups excluding carboxylic acids is 2. The second-order valence-corrected chi connectivity index (χ2v) is 6.38. The lowest BCUT2D eigenvalue weighted by Gasteiger charge is -2.31. The van der Waals surface area contributed by atoms with E-state index in [-0.39, 0.29) is 24.3 Å². The average Bonchev–Trinajstić information content (AvgIpc) is 3.18. The van der Waals surface area contributed by atoms with Crippen molar-refractivity contribution < 1.29 is 18.8 Å².